The van der Waals surface area contributed by atoms with Gasteiger partial charge in [-0.3, -0.25) is 14.9 Å². The van der Waals surface area contributed by atoms with Crippen LogP contribution in [0.15, 0.2) is 55.1 Å². The van der Waals surface area contributed by atoms with Gasteiger partial charge in [-0.15, -0.1) is 6.58 Å². The van der Waals surface area contributed by atoms with Crippen LogP contribution < -0.4 is 15.0 Å². The maximum atomic E-state index is 12.2. The molecule has 1 amide bonds. The second kappa shape index (κ2) is 9.03. The lowest BCUT2D eigenvalue weighted by Crippen LogP contribution is -2.21. The fourth-order valence-corrected chi connectivity index (χ4v) is 3.21. The summed E-state index contributed by atoms with van der Waals surface area (Å²) in [6, 6.07) is 12.1. The van der Waals surface area contributed by atoms with Gasteiger partial charge in [0.1, 0.15) is 5.75 Å². The number of ether oxygens (including phenoxy) is 1. The van der Waals surface area contributed by atoms with Gasteiger partial charge in [0.05, 0.1) is 4.92 Å². The molecule has 0 atom stereocenters. The number of nitrogens with one attached hydrogen (secondary N) is 1. The third kappa shape index (κ3) is 4.88. The van der Waals surface area contributed by atoms with Crippen LogP contribution >= 0.6 is 0 Å². The van der Waals surface area contributed by atoms with Gasteiger partial charge >= 0.3 is 0 Å². The normalized spacial score (nSPS) is 13.2. The Bertz CT molecular complexity index is 858. The van der Waals surface area contributed by atoms with Crippen molar-refractivity contribution in [3.8, 4) is 5.75 Å². The van der Waals surface area contributed by atoms with Gasteiger partial charge in [0.15, 0.2) is 6.61 Å². The van der Waals surface area contributed by atoms with Crippen LogP contribution in [0.5, 0.6) is 5.75 Å². The molecule has 0 radical (unpaired) electrons. The number of nitro groups is 1. The molecule has 2 aromatic rings. The second-order valence-electron chi connectivity index (χ2n) is 6.62. The highest BCUT2D eigenvalue weighted by Gasteiger charge is 2.14. The molecule has 0 unspecified atom stereocenters. The molecular formula is C21H23N3O4. The Labute approximate surface area is 163 Å². The fourth-order valence-electron chi connectivity index (χ4n) is 3.21. The number of hydrogen-bond acceptors (Lipinski definition) is 5. The Morgan fingerprint density at radius 2 is 1.93 bits per heavy atom. The van der Waals surface area contributed by atoms with E-state index in [1.807, 2.05) is 24.3 Å². The van der Waals surface area contributed by atoms with Crippen LogP contribution in [0.3, 0.4) is 0 Å². The lowest BCUT2D eigenvalue weighted by molar-refractivity contribution is -0.384. The Morgan fingerprint density at radius 3 is 2.57 bits per heavy atom. The van der Waals surface area contributed by atoms with E-state index in [-0.39, 0.29) is 18.2 Å². The maximum absolute atomic E-state index is 12.2. The number of nitrogens with zero attached hydrogens (tertiary/aromatic N) is 2. The number of benzene rings is 2. The van der Waals surface area contributed by atoms with E-state index in [1.165, 1.54) is 31.0 Å². The van der Waals surface area contributed by atoms with E-state index in [9.17, 15) is 14.9 Å². The molecule has 0 spiro atoms. The van der Waals surface area contributed by atoms with Gasteiger partial charge in [0.2, 0.25) is 0 Å². The molecule has 1 saturated heterocycles. The molecular weight excluding hydrogens is 358 g/mol. The van der Waals surface area contributed by atoms with Crippen molar-refractivity contribution in [2.75, 3.05) is 29.9 Å². The van der Waals surface area contributed by atoms with Crippen molar-refractivity contribution in [1.82, 2.24) is 0 Å². The lowest BCUT2D eigenvalue weighted by Gasteiger charge is -2.17. The highest BCUT2D eigenvalue weighted by molar-refractivity contribution is 5.92. The summed E-state index contributed by atoms with van der Waals surface area (Å²) in [7, 11) is 0. The highest BCUT2D eigenvalue weighted by Crippen LogP contribution is 2.25. The minimum absolute atomic E-state index is 0.0215. The molecule has 0 aliphatic carbocycles. The number of allylic oxidation sites excluding steroid dienone is 1. The number of amides is 1. The lowest BCUT2D eigenvalue weighted by atomic mass is 10.1. The molecule has 146 valence electrons. The molecule has 2 aromatic carbocycles. The van der Waals surface area contributed by atoms with Gasteiger partial charge in [-0.25, -0.2) is 0 Å². The van der Waals surface area contributed by atoms with Gasteiger partial charge in [-0.1, -0.05) is 6.08 Å². The molecule has 1 aliphatic rings. The van der Waals surface area contributed by atoms with E-state index in [2.05, 4.69) is 16.8 Å². The van der Waals surface area contributed by atoms with Crippen molar-refractivity contribution in [2.24, 2.45) is 0 Å². The number of nitro benzene ring substituents is 1. The molecule has 7 heteroatoms. The smallest absolute Gasteiger partial charge is 0.269 e. The van der Waals surface area contributed by atoms with Crippen LogP contribution in [-0.2, 0) is 11.2 Å². The molecule has 0 aromatic heterocycles. The van der Waals surface area contributed by atoms with Crippen LogP contribution in [0.2, 0.25) is 0 Å². The fraction of sp³-hybridized carbons (Fsp3) is 0.286. The molecule has 3 rings (SSSR count). The number of non-ortho nitro benzene ring substituents is 1. The summed E-state index contributed by atoms with van der Waals surface area (Å²) in [4.78, 5) is 25.0. The van der Waals surface area contributed by atoms with Crippen molar-refractivity contribution < 1.29 is 14.5 Å². The summed E-state index contributed by atoms with van der Waals surface area (Å²) in [5, 5.41) is 13.7. The number of anilines is 2. The zero-order chi connectivity index (χ0) is 19.9. The minimum Gasteiger partial charge on any atom is -0.483 e. The third-order valence-corrected chi connectivity index (χ3v) is 4.60. The van der Waals surface area contributed by atoms with Crippen molar-refractivity contribution in [2.45, 2.75) is 19.3 Å². The van der Waals surface area contributed by atoms with Crippen LogP contribution in [0.25, 0.3) is 0 Å². The number of carbonyl (C=O) groups excluding carboxylic acids is 1. The largest absolute Gasteiger partial charge is 0.483 e. The van der Waals surface area contributed by atoms with E-state index in [1.54, 1.807) is 6.08 Å². The summed E-state index contributed by atoms with van der Waals surface area (Å²) in [5.74, 6) is 0.141. The quantitative estimate of drug-likeness (QED) is 0.425. The van der Waals surface area contributed by atoms with E-state index in [4.69, 9.17) is 4.74 Å². The van der Waals surface area contributed by atoms with Crippen LogP contribution in [0.4, 0.5) is 17.1 Å². The average Bonchev–Trinajstić information content (AvgIpc) is 3.22. The Morgan fingerprint density at radius 1 is 1.21 bits per heavy atom. The summed E-state index contributed by atoms with van der Waals surface area (Å²) < 4.78 is 5.57. The summed E-state index contributed by atoms with van der Waals surface area (Å²) >= 11 is 0. The van der Waals surface area contributed by atoms with Crippen LogP contribution in [0.1, 0.15) is 18.4 Å². The number of carbonyl (C=O) groups is 1. The zero-order valence-electron chi connectivity index (χ0n) is 15.6. The molecule has 0 bridgehead atoms. The van der Waals surface area contributed by atoms with Crippen molar-refractivity contribution in [3.63, 3.8) is 0 Å². The molecule has 1 aliphatic heterocycles. The predicted molar refractivity (Wildman–Crippen MR) is 109 cm³/mol. The Balaban J connectivity index is 1.58. The molecule has 1 N–H and O–H groups in total. The maximum Gasteiger partial charge on any atom is 0.269 e. The van der Waals surface area contributed by atoms with E-state index in [0.717, 1.165) is 18.8 Å². The number of hydrogen-bond donors (Lipinski definition) is 1. The minimum atomic E-state index is -0.463. The summed E-state index contributed by atoms with van der Waals surface area (Å²) in [5.41, 5.74) is 2.46. The van der Waals surface area contributed by atoms with Crippen molar-refractivity contribution >= 4 is 23.0 Å². The molecule has 1 heterocycles. The average molecular weight is 381 g/mol. The van der Waals surface area contributed by atoms with E-state index < -0.39 is 4.92 Å². The van der Waals surface area contributed by atoms with Gasteiger partial charge in [0, 0.05) is 42.2 Å². The third-order valence-electron chi connectivity index (χ3n) is 4.60. The van der Waals surface area contributed by atoms with Gasteiger partial charge in [-0.2, -0.15) is 0 Å². The first kappa shape index (κ1) is 19.4. The first-order chi connectivity index (χ1) is 13.6. The highest BCUT2D eigenvalue weighted by atomic mass is 16.6. The SMILES string of the molecule is C=CCc1cc([N+](=O)[O-])ccc1OCC(=O)Nc1ccc(N2CCCC2)cc1. The van der Waals surface area contributed by atoms with Crippen LogP contribution in [-0.4, -0.2) is 30.5 Å². The first-order valence-electron chi connectivity index (χ1n) is 9.22. The topological polar surface area (TPSA) is 84.7 Å². The van der Waals surface area contributed by atoms with Gasteiger partial charge < -0.3 is 15.0 Å². The number of rotatable bonds is 8. The zero-order valence-corrected chi connectivity index (χ0v) is 15.6. The van der Waals surface area contributed by atoms with E-state index >= 15 is 0 Å². The molecule has 1 fully saturated rings. The predicted octanol–water partition coefficient (Wildman–Crippen LogP) is 3.94. The first-order valence-corrected chi connectivity index (χ1v) is 9.22. The summed E-state index contributed by atoms with van der Waals surface area (Å²) in [6.07, 6.45) is 4.48. The molecule has 7 nitrogen and oxygen atoms in total. The van der Waals surface area contributed by atoms with Gasteiger partial charge in [-0.05, 0) is 49.6 Å². The summed E-state index contributed by atoms with van der Waals surface area (Å²) in [6.45, 7) is 5.61. The molecule has 0 saturated carbocycles. The van der Waals surface area contributed by atoms with Crippen LogP contribution in [0, 0.1) is 10.1 Å². The Kier molecular flexibility index (Phi) is 6.26. The van der Waals surface area contributed by atoms with Crippen molar-refractivity contribution in [1.29, 1.82) is 0 Å². The monoisotopic (exact) mass is 381 g/mol. The second-order valence-corrected chi connectivity index (χ2v) is 6.62. The van der Waals surface area contributed by atoms with E-state index in [0.29, 0.717) is 23.4 Å². The van der Waals surface area contributed by atoms with Gasteiger partial charge in [0.25, 0.3) is 11.6 Å². The standard InChI is InChI=1S/C21H23N3O4/c1-2-5-16-14-19(24(26)27)10-11-20(16)28-15-21(25)22-17-6-8-18(9-7-17)23-12-3-4-13-23/h2,6-11,14H,1,3-5,12-13,15H2,(H,22,25). The van der Waals surface area contributed by atoms with Crippen molar-refractivity contribution in [3.05, 3.63) is 70.8 Å². The molecule has 28 heavy (non-hydrogen) atoms. The Hall–Kier alpha value is -3.35.